The monoisotopic (exact) mass is 410 g/mol. The van der Waals surface area contributed by atoms with Crippen LogP contribution in [-0.4, -0.2) is 35.1 Å². The van der Waals surface area contributed by atoms with Crippen LogP contribution in [0.15, 0.2) is 48.8 Å². The summed E-state index contributed by atoms with van der Waals surface area (Å²) in [5, 5.41) is 2.79. The average molecular weight is 410 g/mol. The van der Waals surface area contributed by atoms with Gasteiger partial charge in [0.2, 0.25) is 5.91 Å². The van der Waals surface area contributed by atoms with Gasteiger partial charge in [-0.25, -0.2) is 9.37 Å². The van der Waals surface area contributed by atoms with Crippen LogP contribution in [0.1, 0.15) is 23.6 Å². The van der Waals surface area contributed by atoms with Crippen LogP contribution in [0.4, 0.5) is 10.2 Å². The fraction of sp³-hybridized carbons (Fsp3) is 0.190. The summed E-state index contributed by atoms with van der Waals surface area (Å²) in [4.78, 5) is 27.9. The number of hydrogen-bond acceptors (Lipinski definition) is 5. The van der Waals surface area contributed by atoms with Gasteiger partial charge in [0.1, 0.15) is 18.0 Å². The number of nitrogens with one attached hydrogen (secondary N) is 1. The van der Waals surface area contributed by atoms with Gasteiger partial charge >= 0.3 is 0 Å². The zero-order valence-electron chi connectivity index (χ0n) is 16.1. The molecular formula is C21H19FN4O4. The summed E-state index contributed by atoms with van der Waals surface area (Å²) < 4.78 is 26.5. The molecular weight excluding hydrogens is 391 g/mol. The van der Waals surface area contributed by atoms with Gasteiger partial charge in [0, 0.05) is 12.3 Å². The molecule has 0 bridgehead atoms. The van der Waals surface area contributed by atoms with E-state index in [0.29, 0.717) is 28.7 Å². The zero-order valence-corrected chi connectivity index (χ0v) is 16.1. The maximum atomic E-state index is 14.3. The summed E-state index contributed by atoms with van der Waals surface area (Å²) in [5.41, 5.74) is 6.80. The molecule has 0 saturated carbocycles. The molecule has 1 aliphatic heterocycles. The van der Waals surface area contributed by atoms with E-state index < -0.39 is 11.7 Å². The molecule has 0 aliphatic carbocycles. The Morgan fingerprint density at radius 2 is 2.10 bits per heavy atom. The summed E-state index contributed by atoms with van der Waals surface area (Å²) in [6.45, 7) is -0.279. The van der Waals surface area contributed by atoms with Gasteiger partial charge in [0.05, 0.1) is 18.5 Å². The van der Waals surface area contributed by atoms with Gasteiger partial charge in [-0.3, -0.25) is 14.2 Å². The standard InChI is InChI=1S/C21H19FN4O4/c1-29-17-8-12(6-7-16(17)30-10-18(23)27)13-9-19(28)25-21-20(13)24-11-26(21)15-5-3-2-4-14(15)22/h2-8,11,13H,9-10H2,1H3,(H2,23,27)(H,25,28). The first kappa shape index (κ1) is 19.4. The number of para-hydroxylation sites is 1. The van der Waals surface area contributed by atoms with Crippen LogP contribution < -0.4 is 20.5 Å². The number of imidazole rings is 1. The molecule has 8 nitrogen and oxygen atoms in total. The van der Waals surface area contributed by atoms with Crippen LogP contribution in [0.25, 0.3) is 5.69 Å². The number of ether oxygens (including phenoxy) is 2. The molecule has 1 unspecified atom stereocenters. The van der Waals surface area contributed by atoms with Crippen molar-refractivity contribution in [3.05, 3.63) is 65.9 Å². The predicted molar refractivity (Wildman–Crippen MR) is 106 cm³/mol. The summed E-state index contributed by atoms with van der Waals surface area (Å²) >= 11 is 0. The number of fused-ring (bicyclic) bond motifs is 1. The number of carbonyl (C=O) groups excluding carboxylic acids is 2. The van der Waals surface area contributed by atoms with Crippen molar-refractivity contribution >= 4 is 17.6 Å². The van der Waals surface area contributed by atoms with Crippen LogP contribution in [-0.2, 0) is 9.59 Å². The summed E-state index contributed by atoms with van der Waals surface area (Å²) in [6, 6.07) is 11.4. The van der Waals surface area contributed by atoms with Crippen LogP contribution >= 0.6 is 0 Å². The van der Waals surface area contributed by atoms with E-state index in [2.05, 4.69) is 10.3 Å². The fourth-order valence-corrected chi connectivity index (χ4v) is 3.48. The van der Waals surface area contributed by atoms with Gasteiger partial charge in [0.15, 0.2) is 18.1 Å². The second-order valence-electron chi connectivity index (χ2n) is 6.77. The first-order valence-corrected chi connectivity index (χ1v) is 9.19. The van der Waals surface area contributed by atoms with Crippen molar-refractivity contribution in [3.8, 4) is 17.2 Å². The van der Waals surface area contributed by atoms with E-state index in [9.17, 15) is 14.0 Å². The predicted octanol–water partition coefficient (Wildman–Crippen LogP) is 2.36. The minimum atomic E-state index is -0.603. The van der Waals surface area contributed by atoms with Crippen molar-refractivity contribution < 1.29 is 23.5 Å². The zero-order chi connectivity index (χ0) is 21.3. The van der Waals surface area contributed by atoms with Crippen LogP contribution in [0.5, 0.6) is 11.5 Å². The number of benzene rings is 2. The molecule has 0 saturated heterocycles. The maximum Gasteiger partial charge on any atom is 0.255 e. The molecule has 1 atom stereocenters. The number of rotatable bonds is 6. The number of nitrogens with two attached hydrogens (primary N) is 1. The minimum Gasteiger partial charge on any atom is -0.493 e. The highest BCUT2D eigenvalue weighted by Gasteiger charge is 2.32. The lowest BCUT2D eigenvalue weighted by atomic mass is 9.89. The third-order valence-electron chi connectivity index (χ3n) is 4.85. The lowest BCUT2D eigenvalue weighted by Crippen LogP contribution is -2.25. The number of primary amides is 1. The Kier molecular flexibility index (Phi) is 5.09. The average Bonchev–Trinajstić information content (AvgIpc) is 3.15. The lowest BCUT2D eigenvalue weighted by Gasteiger charge is -2.24. The number of methoxy groups -OCH3 is 1. The van der Waals surface area contributed by atoms with Crippen molar-refractivity contribution in [3.63, 3.8) is 0 Å². The smallest absolute Gasteiger partial charge is 0.255 e. The molecule has 2 heterocycles. The third kappa shape index (κ3) is 3.57. The number of carbonyl (C=O) groups is 2. The van der Waals surface area contributed by atoms with E-state index in [4.69, 9.17) is 15.2 Å². The highest BCUT2D eigenvalue weighted by atomic mass is 19.1. The second kappa shape index (κ2) is 7.86. The normalized spacial score (nSPS) is 15.3. The van der Waals surface area contributed by atoms with E-state index >= 15 is 0 Å². The quantitative estimate of drug-likeness (QED) is 0.649. The van der Waals surface area contributed by atoms with Crippen LogP contribution in [0.2, 0.25) is 0 Å². The molecule has 3 N–H and O–H groups in total. The van der Waals surface area contributed by atoms with E-state index in [1.165, 1.54) is 24.1 Å². The minimum absolute atomic E-state index is 0.173. The Bertz CT molecular complexity index is 1130. The molecule has 0 spiro atoms. The van der Waals surface area contributed by atoms with E-state index in [1.54, 1.807) is 36.4 Å². The van der Waals surface area contributed by atoms with E-state index in [1.807, 2.05) is 0 Å². The number of anilines is 1. The molecule has 2 amide bonds. The van der Waals surface area contributed by atoms with Gasteiger partial charge in [-0.15, -0.1) is 0 Å². The van der Waals surface area contributed by atoms with Gasteiger partial charge in [-0.05, 0) is 29.8 Å². The van der Waals surface area contributed by atoms with Gasteiger partial charge in [-0.1, -0.05) is 18.2 Å². The second-order valence-corrected chi connectivity index (χ2v) is 6.77. The van der Waals surface area contributed by atoms with Gasteiger partial charge < -0.3 is 20.5 Å². The molecule has 154 valence electrons. The topological polar surface area (TPSA) is 108 Å². The number of aromatic nitrogens is 2. The Labute approximate surface area is 171 Å². The van der Waals surface area contributed by atoms with Crippen molar-refractivity contribution in [1.29, 1.82) is 0 Å². The summed E-state index contributed by atoms with van der Waals surface area (Å²) in [5.74, 6) is -0.416. The van der Waals surface area contributed by atoms with Crippen LogP contribution in [0, 0.1) is 5.82 Å². The Morgan fingerprint density at radius 3 is 2.83 bits per heavy atom. The Hall–Kier alpha value is -3.88. The summed E-state index contributed by atoms with van der Waals surface area (Å²) in [7, 11) is 1.47. The SMILES string of the molecule is COc1cc(C2CC(=O)Nc3c2ncn3-c2ccccc2F)ccc1OCC(N)=O. The van der Waals surface area contributed by atoms with Crippen molar-refractivity contribution in [2.24, 2.45) is 5.73 Å². The van der Waals surface area contributed by atoms with E-state index in [-0.39, 0.29) is 24.9 Å². The van der Waals surface area contributed by atoms with E-state index in [0.717, 1.165) is 5.56 Å². The lowest BCUT2D eigenvalue weighted by molar-refractivity contribution is -0.120. The molecule has 2 aromatic carbocycles. The third-order valence-corrected chi connectivity index (χ3v) is 4.85. The molecule has 3 aromatic rings. The van der Waals surface area contributed by atoms with Crippen LogP contribution in [0.3, 0.4) is 0 Å². The molecule has 9 heteroatoms. The number of hydrogen-bond donors (Lipinski definition) is 2. The molecule has 30 heavy (non-hydrogen) atoms. The van der Waals surface area contributed by atoms with Gasteiger partial charge in [0.25, 0.3) is 5.91 Å². The molecule has 1 aliphatic rings. The highest BCUT2D eigenvalue weighted by molar-refractivity contribution is 5.94. The number of amides is 2. The summed E-state index contributed by atoms with van der Waals surface area (Å²) in [6.07, 6.45) is 1.66. The Balaban J connectivity index is 1.73. The Morgan fingerprint density at radius 1 is 1.30 bits per heavy atom. The van der Waals surface area contributed by atoms with Gasteiger partial charge in [-0.2, -0.15) is 0 Å². The highest BCUT2D eigenvalue weighted by Crippen LogP contribution is 2.40. The van der Waals surface area contributed by atoms with Crippen molar-refractivity contribution in [1.82, 2.24) is 9.55 Å². The molecule has 4 rings (SSSR count). The fourth-order valence-electron chi connectivity index (χ4n) is 3.48. The molecule has 1 aromatic heterocycles. The number of nitrogens with zero attached hydrogens (tertiary/aromatic N) is 2. The maximum absolute atomic E-state index is 14.3. The molecule has 0 fully saturated rings. The van der Waals surface area contributed by atoms with Crippen molar-refractivity contribution in [2.75, 3.05) is 19.0 Å². The van der Waals surface area contributed by atoms with Crippen molar-refractivity contribution in [2.45, 2.75) is 12.3 Å². The largest absolute Gasteiger partial charge is 0.493 e. The first-order valence-electron chi connectivity index (χ1n) is 9.19. The number of halogens is 1. The molecule has 0 radical (unpaired) electrons. The first-order chi connectivity index (χ1) is 14.5.